The number of nitrogens with zero attached hydrogens (tertiary/aromatic N) is 2. The Balaban J connectivity index is 1.81. The molecule has 0 saturated heterocycles. The molecule has 1 rings (SSSR count). The van der Waals surface area contributed by atoms with Crippen molar-refractivity contribution in [3.63, 3.8) is 0 Å². The quantitative estimate of drug-likeness (QED) is 0.250. The van der Waals surface area contributed by atoms with E-state index in [4.69, 9.17) is 0 Å². The van der Waals surface area contributed by atoms with Gasteiger partial charge in [0.25, 0.3) is 0 Å². The molecule has 3 heteroatoms. The average Bonchev–Trinajstić information content (AvgIpc) is 3.08. The van der Waals surface area contributed by atoms with Gasteiger partial charge in [-0.2, -0.15) is 0 Å². The van der Waals surface area contributed by atoms with Gasteiger partial charge in [0, 0.05) is 6.92 Å². The van der Waals surface area contributed by atoms with Crippen LogP contribution < -0.4 is 0 Å². The molecule has 0 aromatic rings. The van der Waals surface area contributed by atoms with Crippen molar-refractivity contribution in [3.05, 3.63) is 0 Å². The van der Waals surface area contributed by atoms with Gasteiger partial charge in [0.1, 0.15) is 6.54 Å². The van der Waals surface area contributed by atoms with E-state index in [-0.39, 0.29) is 6.23 Å². The maximum Gasteiger partial charge on any atom is 0.193 e. The van der Waals surface area contributed by atoms with Gasteiger partial charge >= 0.3 is 0 Å². The highest BCUT2D eigenvalue weighted by Gasteiger charge is 2.33. The Kier molecular flexibility index (Phi) is 13.3. The summed E-state index contributed by atoms with van der Waals surface area (Å²) in [5.41, 5.74) is 0. The van der Waals surface area contributed by atoms with E-state index in [0.717, 1.165) is 19.6 Å². The van der Waals surface area contributed by atoms with Crippen molar-refractivity contribution in [2.45, 2.75) is 116 Å². The van der Waals surface area contributed by atoms with Crippen molar-refractivity contribution in [2.75, 3.05) is 19.6 Å². The molecular weight excluding hydrogens is 308 g/mol. The second kappa shape index (κ2) is 14.7. The van der Waals surface area contributed by atoms with Gasteiger partial charge in [-0.25, -0.2) is 4.99 Å². The number of quaternary nitrogens is 1. The predicted molar refractivity (Wildman–Crippen MR) is 110 cm³/mol. The third kappa shape index (κ3) is 10.4. The van der Waals surface area contributed by atoms with Crippen LogP contribution in [0.2, 0.25) is 0 Å². The normalized spacial score (nSPS) is 21.1. The Bertz CT molecular complexity index is 330. The zero-order chi connectivity index (χ0) is 18.2. The fourth-order valence-corrected chi connectivity index (χ4v) is 3.94. The molecule has 1 heterocycles. The average molecular weight is 354 g/mol. The SMILES string of the molecule is CCCCCCCCCCCCCCCCC[N+]1(C(C)O)C=NCC1. The molecule has 3 nitrogen and oxygen atoms in total. The molecule has 25 heavy (non-hydrogen) atoms. The smallest absolute Gasteiger partial charge is 0.193 e. The van der Waals surface area contributed by atoms with E-state index in [2.05, 4.69) is 11.9 Å². The molecule has 0 fully saturated rings. The molecule has 1 aliphatic rings. The van der Waals surface area contributed by atoms with Gasteiger partial charge in [0.2, 0.25) is 0 Å². The lowest BCUT2D eigenvalue weighted by Crippen LogP contribution is -2.52. The third-order valence-corrected chi connectivity index (χ3v) is 5.88. The summed E-state index contributed by atoms with van der Waals surface area (Å²) in [6.45, 7) is 7.11. The Morgan fingerprint density at radius 2 is 1.24 bits per heavy atom. The number of hydrogen-bond acceptors (Lipinski definition) is 2. The fourth-order valence-electron chi connectivity index (χ4n) is 3.94. The van der Waals surface area contributed by atoms with Crippen molar-refractivity contribution in [1.29, 1.82) is 0 Å². The first-order valence-electron chi connectivity index (χ1n) is 11.3. The fraction of sp³-hybridized carbons (Fsp3) is 0.955. The van der Waals surface area contributed by atoms with Crippen LogP contribution in [-0.4, -0.2) is 41.8 Å². The molecule has 0 amide bonds. The number of hydrogen-bond donors (Lipinski definition) is 1. The van der Waals surface area contributed by atoms with Crippen molar-refractivity contribution in [1.82, 2.24) is 0 Å². The summed E-state index contributed by atoms with van der Waals surface area (Å²) >= 11 is 0. The summed E-state index contributed by atoms with van der Waals surface area (Å²) in [7, 11) is 0. The van der Waals surface area contributed by atoms with E-state index in [1.54, 1.807) is 0 Å². The van der Waals surface area contributed by atoms with Gasteiger partial charge in [0.15, 0.2) is 12.6 Å². The highest BCUT2D eigenvalue weighted by molar-refractivity contribution is 5.48. The zero-order valence-electron chi connectivity index (χ0n) is 17.2. The second-order valence-electron chi connectivity index (χ2n) is 8.15. The lowest BCUT2D eigenvalue weighted by molar-refractivity contribution is -0.877. The van der Waals surface area contributed by atoms with Crippen LogP contribution >= 0.6 is 0 Å². The summed E-state index contributed by atoms with van der Waals surface area (Å²) in [6, 6.07) is 0. The van der Waals surface area contributed by atoms with E-state index < -0.39 is 0 Å². The van der Waals surface area contributed by atoms with E-state index in [0.29, 0.717) is 4.48 Å². The van der Waals surface area contributed by atoms with E-state index in [1.807, 2.05) is 13.3 Å². The van der Waals surface area contributed by atoms with Crippen LogP contribution in [0.15, 0.2) is 4.99 Å². The summed E-state index contributed by atoms with van der Waals surface area (Å²) in [6.07, 6.45) is 22.7. The van der Waals surface area contributed by atoms with E-state index in [9.17, 15) is 5.11 Å². The molecule has 148 valence electrons. The maximum absolute atomic E-state index is 10.00. The minimum atomic E-state index is -0.308. The van der Waals surface area contributed by atoms with Crippen molar-refractivity contribution >= 4 is 6.34 Å². The first-order valence-corrected chi connectivity index (χ1v) is 11.3. The zero-order valence-corrected chi connectivity index (χ0v) is 17.2. The van der Waals surface area contributed by atoms with Crippen LogP contribution in [0.25, 0.3) is 0 Å². The molecule has 1 aliphatic heterocycles. The molecule has 0 saturated carbocycles. The highest BCUT2D eigenvalue weighted by Crippen LogP contribution is 2.17. The summed E-state index contributed by atoms with van der Waals surface area (Å²) in [4.78, 5) is 4.33. The lowest BCUT2D eigenvalue weighted by atomic mass is 10.0. The van der Waals surface area contributed by atoms with Crippen LogP contribution in [0.5, 0.6) is 0 Å². The molecule has 0 aliphatic carbocycles. The summed E-state index contributed by atoms with van der Waals surface area (Å²) < 4.78 is 0.693. The molecule has 2 atom stereocenters. The molecule has 0 aromatic carbocycles. The van der Waals surface area contributed by atoms with Crippen LogP contribution in [-0.2, 0) is 0 Å². The number of unbranched alkanes of at least 4 members (excludes halogenated alkanes) is 14. The number of aliphatic hydroxyl groups is 1. The molecule has 0 spiro atoms. The molecule has 0 aromatic heterocycles. The molecule has 2 unspecified atom stereocenters. The van der Waals surface area contributed by atoms with E-state index in [1.165, 1.54) is 96.3 Å². The summed E-state index contributed by atoms with van der Waals surface area (Å²) in [5.74, 6) is 0. The van der Waals surface area contributed by atoms with Crippen LogP contribution in [0, 0.1) is 0 Å². The van der Waals surface area contributed by atoms with Gasteiger partial charge in [-0.15, -0.1) is 0 Å². The highest BCUT2D eigenvalue weighted by atomic mass is 16.3. The van der Waals surface area contributed by atoms with Crippen molar-refractivity contribution in [3.8, 4) is 0 Å². The Morgan fingerprint density at radius 3 is 1.60 bits per heavy atom. The Morgan fingerprint density at radius 1 is 0.800 bits per heavy atom. The van der Waals surface area contributed by atoms with Gasteiger partial charge in [-0.05, 0) is 12.8 Å². The Hall–Kier alpha value is -0.410. The molecule has 0 bridgehead atoms. The minimum Gasteiger partial charge on any atom is -0.345 e. The van der Waals surface area contributed by atoms with Crippen molar-refractivity contribution in [2.24, 2.45) is 4.99 Å². The van der Waals surface area contributed by atoms with Gasteiger partial charge in [-0.3, -0.25) is 4.48 Å². The second-order valence-corrected chi connectivity index (χ2v) is 8.15. The van der Waals surface area contributed by atoms with Gasteiger partial charge < -0.3 is 5.11 Å². The molecular formula is C22H45N2O+. The van der Waals surface area contributed by atoms with Crippen LogP contribution in [0.3, 0.4) is 0 Å². The largest absolute Gasteiger partial charge is 0.345 e. The predicted octanol–water partition coefficient (Wildman–Crippen LogP) is 6.05. The van der Waals surface area contributed by atoms with Gasteiger partial charge in [-0.1, -0.05) is 90.4 Å². The molecule has 0 radical (unpaired) electrons. The molecule has 1 N–H and O–H groups in total. The lowest BCUT2D eigenvalue weighted by Gasteiger charge is -2.33. The van der Waals surface area contributed by atoms with Gasteiger partial charge in [0.05, 0.1) is 13.1 Å². The standard InChI is InChI=1S/C22H45N2O/c1-3-4-5-6-7-8-9-10-11-12-13-14-15-16-17-19-24(22(2)25)20-18-23-21-24/h21-22,25H,3-20H2,1-2H3/q+1. The first kappa shape index (κ1) is 22.6. The number of aliphatic hydroxyl groups excluding tert-OH is 1. The third-order valence-electron chi connectivity index (χ3n) is 5.88. The minimum absolute atomic E-state index is 0.308. The van der Waals surface area contributed by atoms with Crippen LogP contribution in [0.1, 0.15) is 110 Å². The number of aliphatic imine (C=N–C) groups is 1. The monoisotopic (exact) mass is 353 g/mol. The first-order chi connectivity index (χ1) is 12.2. The Labute approximate surface area is 157 Å². The summed E-state index contributed by atoms with van der Waals surface area (Å²) in [5, 5.41) is 10.00. The maximum atomic E-state index is 10.00. The number of rotatable bonds is 17. The van der Waals surface area contributed by atoms with Crippen LogP contribution in [0.4, 0.5) is 0 Å². The topological polar surface area (TPSA) is 32.6 Å². The van der Waals surface area contributed by atoms with E-state index >= 15 is 0 Å². The van der Waals surface area contributed by atoms with Crippen molar-refractivity contribution < 1.29 is 9.59 Å².